The van der Waals surface area contributed by atoms with Crippen LogP contribution in [0.1, 0.15) is 24.6 Å². The molecule has 4 nitrogen and oxygen atoms in total. The zero-order valence-corrected chi connectivity index (χ0v) is 12.0. The molecule has 0 saturated carbocycles. The molecule has 0 unspecified atom stereocenters. The number of halogens is 1. The largest absolute Gasteiger partial charge is 0.466 e. The third-order valence-corrected chi connectivity index (χ3v) is 3.51. The van der Waals surface area contributed by atoms with Crippen LogP contribution in [-0.2, 0) is 20.9 Å². The summed E-state index contributed by atoms with van der Waals surface area (Å²) in [6.07, 6.45) is 0.302. The van der Waals surface area contributed by atoms with Gasteiger partial charge in [-0.1, -0.05) is 11.6 Å². The number of rotatable bonds is 6. The Bertz CT molecular complexity index is 419. The van der Waals surface area contributed by atoms with Gasteiger partial charge in [-0.2, -0.15) is 0 Å². The monoisotopic (exact) mass is 289 g/mol. The Morgan fingerprint density at radius 2 is 2.11 bits per heavy atom. The SMILES string of the molecule is CCOC(=O)CCC(=O)N(C)Cc1ccc(Cl)s1. The van der Waals surface area contributed by atoms with Gasteiger partial charge < -0.3 is 9.64 Å². The molecular formula is C12H16ClNO3S. The lowest BCUT2D eigenvalue weighted by atomic mass is 10.3. The maximum Gasteiger partial charge on any atom is 0.306 e. The fourth-order valence-corrected chi connectivity index (χ4v) is 2.53. The predicted octanol–water partition coefficient (Wildman–Crippen LogP) is 2.70. The van der Waals surface area contributed by atoms with E-state index >= 15 is 0 Å². The van der Waals surface area contributed by atoms with Crippen molar-refractivity contribution in [3.05, 3.63) is 21.3 Å². The van der Waals surface area contributed by atoms with Crippen molar-refractivity contribution in [2.24, 2.45) is 0 Å². The minimum absolute atomic E-state index is 0.0763. The lowest BCUT2D eigenvalue weighted by Gasteiger charge is -2.15. The van der Waals surface area contributed by atoms with Crippen molar-refractivity contribution in [1.29, 1.82) is 0 Å². The van der Waals surface area contributed by atoms with Gasteiger partial charge in [0.15, 0.2) is 0 Å². The highest BCUT2D eigenvalue weighted by atomic mass is 35.5. The molecule has 0 aliphatic heterocycles. The first-order chi connectivity index (χ1) is 8.52. The molecule has 0 aliphatic rings. The lowest BCUT2D eigenvalue weighted by Crippen LogP contribution is -2.26. The molecule has 0 aromatic carbocycles. The Hall–Kier alpha value is -1.07. The fraction of sp³-hybridized carbons (Fsp3) is 0.500. The second-order valence-electron chi connectivity index (χ2n) is 3.76. The molecule has 0 atom stereocenters. The Balaban J connectivity index is 2.35. The highest BCUT2D eigenvalue weighted by molar-refractivity contribution is 7.16. The van der Waals surface area contributed by atoms with Gasteiger partial charge in [-0.05, 0) is 19.1 Å². The van der Waals surface area contributed by atoms with E-state index < -0.39 is 0 Å². The van der Waals surface area contributed by atoms with Crippen LogP contribution < -0.4 is 0 Å². The number of ether oxygens (including phenoxy) is 1. The number of nitrogens with zero attached hydrogens (tertiary/aromatic N) is 1. The number of hydrogen-bond donors (Lipinski definition) is 0. The normalized spacial score (nSPS) is 10.2. The number of carbonyl (C=O) groups excluding carboxylic acids is 2. The highest BCUT2D eigenvalue weighted by Gasteiger charge is 2.13. The lowest BCUT2D eigenvalue weighted by molar-refractivity contribution is -0.145. The Morgan fingerprint density at radius 1 is 1.39 bits per heavy atom. The van der Waals surface area contributed by atoms with Crippen LogP contribution >= 0.6 is 22.9 Å². The highest BCUT2D eigenvalue weighted by Crippen LogP contribution is 2.22. The molecule has 0 fully saturated rings. The molecule has 0 bridgehead atoms. The van der Waals surface area contributed by atoms with Gasteiger partial charge in [-0.3, -0.25) is 9.59 Å². The summed E-state index contributed by atoms with van der Waals surface area (Å²) in [6, 6.07) is 3.70. The summed E-state index contributed by atoms with van der Waals surface area (Å²) in [5.41, 5.74) is 0. The van der Waals surface area contributed by atoms with Crippen LogP contribution in [0.5, 0.6) is 0 Å². The number of amides is 1. The smallest absolute Gasteiger partial charge is 0.306 e. The van der Waals surface area contributed by atoms with Crippen LogP contribution in [0.3, 0.4) is 0 Å². The van der Waals surface area contributed by atoms with Crippen LogP contribution in [-0.4, -0.2) is 30.4 Å². The van der Waals surface area contributed by atoms with Crippen LogP contribution in [0.15, 0.2) is 12.1 Å². The van der Waals surface area contributed by atoms with Crippen molar-refractivity contribution >= 4 is 34.8 Å². The molecule has 1 aromatic rings. The zero-order chi connectivity index (χ0) is 13.5. The Labute approximate surface area is 115 Å². The third kappa shape index (κ3) is 5.06. The van der Waals surface area contributed by atoms with E-state index in [9.17, 15) is 9.59 Å². The maximum atomic E-state index is 11.8. The first-order valence-corrected chi connectivity index (χ1v) is 6.86. The second kappa shape index (κ2) is 7.38. The van der Waals surface area contributed by atoms with E-state index in [1.165, 1.54) is 11.3 Å². The molecule has 1 aromatic heterocycles. The molecule has 6 heteroatoms. The first kappa shape index (κ1) is 15.0. The van der Waals surface area contributed by atoms with E-state index in [-0.39, 0.29) is 24.7 Å². The van der Waals surface area contributed by atoms with Crippen molar-refractivity contribution in [3.63, 3.8) is 0 Å². The summed E-state index contributed by atoms with van der Waals surface area (Å²) < 4.78 is 5.47. The molecule has 1 rings (SSSR count). The van der Waals surface area contributed by atoms with E-state index in [0.717, 1.165) is 4.88 Å². The van der Waals surface area contributed by atoms with Gasteiger partial charge in [0.05, 0.1) is 23.9 Å². The summed E-state index contributed by atoms with van der Waals surface area (Å²) in [6.45, 7) is 2.60. The average molecular weight is 290 g/mol. The van der Waals surface area contributed by atoms with Crippen LogP contribution in [0.25, 0.3) is 0 Å². The van der Waals surface area contributed by atoms with Crippen molar-refractivity contribution in [2.45, 2.75) is 26.3 Å². The number of hydrogen-bond acceptors (Lipinski definition) is 4. The predicted molar refractivity (Wildman–Crippen MR) is 71.7 cm³/mol. The molecule has 0 aliphatic carbocycles. The van der Waals surface area contributed by atoms with Gasteiger partial charge in [-0.25, -0.2) is 0 Å². The van der Waals surface area contributed by atoms with E-state index in [4.69, 9.17) is 16.3 Å². The fourth-order valence-electron chi connectivity index (χ4n) is 1.39. The zero-order valence-electron chi connectivity index (χ0n) is 10.4. The number of carbonyl (C=O) groups is 2. The molecule has 0 spiro atoms. The quantitative estimate of drug-likeness (QED) is 0.757. The molecule has 0 saturated heterocycles. The standard InChI is InChI=1S/C12H16ClNO3S/c1-3-17-12(16)7-6-11(15)14(2)8-9-4-5-10(13)18-9/h4-5H,3,6-8H2,1-2H3. The van der Waals surface area contributed by atoms with Gasteiger partial charge in [0.1, 0.15) is 0 Å². The number of esters is 1. The van der Waals surface area contributed by atoms with E-state index in [1.807, 2.05) is 6.07 Å². The van der Waals surface area contributed by atoms with Crippen LogP contribution in [0.2, 0.25) is 4.34 Å². The minimum Gasteiger partial charge on any atom is -0.466 e. The van der Waals surface area contributed by atoms with Gasteiger partial charge >= 0.3 is 5.97 Å². The number of thiophene rings is 1. The van der Waals surface area contributed by atoms with Crippen LogP contribution in [0, 0.1) is 0 Å². The molecule has 0 radical (unpaired) electrons. The van der Waals surface area contributed by atoms with E-state index in [2.05, 4.69) is 0 Å². The third-order valence-electron chi connectivity index (χ3n) is 2.30. The molecule has 0 N–H and O–H groups in total. The van der Waals surface area contributed by atoms with Crippen molar-refractivity contribution in [1.82, 2.24) is 4.90 Å². The summed E-state index contributed by atoms with van der Waals surface area (Å²) in [5.74, 6) is -0.411. The van der Waals surface area contributed by atoms with Crippen molar-refractivity contribution in [3.8, 4) is 0 Å². The van der Waals surface area contributed by atoms with Crippen LogP contribution in [0.4, 0.5) is 0 Å². The van der Waals surface area contributed by atoms with Gasteiger partial charge in [0.25, 0.3) is 0 Å². The molecule has 1 heterocycles. The minimum atomic E-state index is -0.335. The van der Waals surface area contributed by atoms with Gasteiger partial charge in [-0.15, -0.1) is 11.3 Å². The topological polar surface area (TPSA) is 46.6 Å². The molecular weight excluding hydrogens is 274 g/mol. The van der Waals surface area contributed by atoms with Crippen molar-refractivity contribution in [2.75, 3.05) is 13.7 Å². The summed E-state index contributed by atoms with van der Waals surface area (Å²) in [4.78, 5) is 25.5. The summed E-state index contributed by atoms with van der Waals surface area (Å²) >= 11 is 7.26. The van der Waals surface area contributed by atoms with Crippen molar-refractivity contribution < 1.29 is 14.3 Å². The maximum absolute atomic E-state index is 11.8. The summed E-state index contributed by atoms with van der Waals surface area (Å²) in [5, 5.41) is 0. The summed E-state index contributed by atoms with van der Waals surface area (Å²) in [7, 11) is 1.71. The second-order valence-corrected chi connectivity index (χ2v) is 5.56. The Kier molecular flexibility index (Phi) is 6.15. The molecule has 1 amide bonds. The van der Waals surface area contributed by atoms with Gasteiger partial charge in [0.2, 0.25) is 5.91 Å². The first-order valence-electron chi connectivity index (χ1n) is 5.66. The van der Waals surface area contributed by atoms with E-state index in [1.54, 1.807) is 24.9 Å². The average Bonchev–Trinajstić information content (AvgIpc) is 2.72. The molecule has 18 heavy (non-hydrogen) atoms. The van der Waals surface area contributed by atoms with E-state index in [0.29, 0.717) is 17.5 Å². The molecule has 100 valence electrons. The van der Waals surface area contributed by atoms with Gasteiger partial charge in [0, 0.05) is 18.3 Å². The Morgan fingerprint density at radius 3 is 2.67 bits per heavy atom.